The number of hydrogen-bond acceptors (Lipinski definition) is 5. The van der Waals surface area contributed by atoms with Crippen molar-refractivity contribution < 1.29 is 9.59 Å². The van der Waals surface area contributed by atoms with Gasteiger partial charge in [0.05, 0.1) is 22.5 Å². The van der Waals surface area contributed by atoms with Crippen molar-refractivity contribution in [3.8, 4) is 5.69 Å². The summed E-state index contributed by atoms with van der Waals surface area (Å²) < 4.78 is 1.48. The van der Waals surface area contributed by atoms with Gasteiger partial charge < -0.3 is 9.80 Å². The maximum absolute atomic E-state index is 14.1. The van der Waals surface area contributed by atoms with Crippen LogP contribution in [0.4, 0.5) is 5.69 Å². The number of carbonyl (C=O) groups excluding carboxylic acids is 2. The van der Waals surface area contributed by atoms with E-state index in [2.05, 4.69) is 16.9 Å². The fourth-order valence-electron chi connectivity index (χ4n) is 5.18. The first-order valence-electron chi connectivity index (χ1n) is 13.0. The van der Waals surface area contributed by atoms with Crippen LogP contribution in [0, 0.1) is 6.92 Å². The number of nitrogens with zero attached hydrogens (tertiary/aromatic N) is 4. The number of aryl methyl sites for hydroxylation is 2. The van der Waals surface area contributed by atoms with Gasteiger partial charge >= 0.3 is 0 Å². The zero-order valence-corrected chi connectivity index (χ0v) is 21.7. The van der Waals surface area contributed by atoms with E-state index in [1.54, 1.807) is 12.1 Å². The van der Waals surface area contributed by atoms with Crippen molar-refractivity contribution in [2.24, 2.45) is 0 Å². The Morgan fingerprint density at radius 3 is 2.11 bits per heavy atom. The van der Waals surface area contributed by atoms with Crippen LogP contribution in [0.3, 0.4) is 0 Å². The number of carbonyl (C=O) groups is 2. The first kappa shape index (κ1) is 24.8. The largest absolute Gasteiger partial charge is 0.364 e. The monoisotopic (exact) mass is 499 g/mol. The summed E-state index contributed by atoms with van der Waals surface area (Å²) in [6, 6.07) is 16.6. The number of para-hydroxylation sites is 1. The van der Waals surface area contributed by atoms with Crippen molar-refractivity contribution in [2.45, 2.75) is 33.6 Å². The van der Waals surface area contributed by atoms with Gasteiger partial charge in [0.25, 0.3) is 17.4 Å². The van der Waals surface area contributed by atoms with E-state index < -0.39 is 5.91 Å². The predicted molar refractivity (Wildman–Crippen MR) is 145 cm³/mol. The van der Waals surface area contributed by atoms with Gasteiger partial charge in [-0.1, -0.05) is 56.2 Å². The maximum atomic E-state index is 14.1. The lowest BCUT2D eigenvalue weighted by Crippen LogP contribution is -2.47. The Morgan fingerprint density at radius 2 is 1.49 bits per heavy atom. The van der Waals surface area contributed by atoms with Crippen molar-refractivity contribution in [1.82, 2.24) is 19.6 Å². The molecule has 1 N–H and O–H groups in total. The number of rotatable bonds is 7. The molecule has 0 saturated carbocycles. The lowest BCUT2D eigenvalue weighted by Gasteiger charge is -2.35. The average Bonchev–Trinajstić information content (AvgIpc) is 3.37. The highest BCUT2D eigenvalue weighted by atomic mass is 16.2. The summed E-state index contributed by atoms with van der Waals surface area (Å²) in [4.78, 5) is 47.5. The van der Waals surface area contributed by atoms with Gasteiger partial charge in [0.1, 0.15) is 5.70 Å². The molecule has 3 aromatic rings. The lowest BCUT2D eigenvalue weighted by atomic mass is 10.0. The zero-order valence-electron chi connectivity index (χ0n) is 21.7. The van der Waals surface area contributed by atoms with Crippen molar-refractivity contribution in [1.29, 1.82) is 0 Å². The van der Waals surface area contributed by atoms with Crippen LogP contribution in [-0.2, 0) is 16.0 Å². The molecule has 1 saturated heterocycles. The number of aromatic nitrogens is 2. The first-order valence-corrected chi connectivity index (χ1v) is 13.0. The number of amides is 2. The molecule has 37 heavy (non-hydrogen) atoms. The number of imide groups is 1. The zero-order chi connectivity index (χ0) is 26.1. The summed E-state index contributed by atoms with van der Waals surface area (Å²) in [6.07, 6.45) is 1.36. The number of hydrogen-bond donors (Lipinski definition) is 1. The molecule has 0 atom stereocenters. The van der Waals surface area contributed by atoms with Gasteiger partial charge in [-0.05, 0) is 44.2 Å². The third-order valence-electron chi connectivity index (χ3n) is 7.22. The van der Waals surface area contributed by atoms with Crippen LogP contribution in [0.2, 0.25) is 0 Å². The number of anilines is 1. The van der Waals surface area contributed by atoms with Crippen LogP contribution < -0.4 is 10.5 Å². The van der Waals surface area contributed by atoms with Crippen LogP contribution in [0.1, 0.15) is 37.1 Å². The van der Waals surface area contributed by atoms with Crippen molar-refractivity contribution in [3.63, 3.8) is 0 Å². The summed E-state index contributed by atoms with van der Waals surface area (Å²) in [5.74, 6) is -0.821. The molecular weight excluding hydrogens is 466 g/mol. The van der Waals surface area contributed by atoms with E-state index in [1.807, 2.05) is 61.2 Å². The molecule has 0 bridgehead atoms. The third kappa shape index (κ3) is 4.42. The standard InChI is InChI=1S/C29H33N5O3/c1-4-9-23-24(28(36)34(30-23)22-10-7-6-8-11-22)25-26(32-18-16-31(5-2)17-19-32)29(37)33(27(25)35)21-14-12-20(3)13-15-21/h6-8,10-15,30H,4-5,9,16-19H2,1-3H3. The molecule has 0 aliphatic carbocycles. The predicted octanol–water partition coefficient (Wildman–Crippen LogP) is 3.35. The van der Waals surface area contributed by atoms with Gasteiger partial charge in [0.2, 0.25) is 0 Å². The minimum atomic E-state index is -0.449. The van der Waals surface area contributed by atoms with Gasteiger partial charge in [0.15, 0.2) is 0 Å². The molecule has 3 heterocycles. The van der Waals surface area contributed by atoms with E-state index in [-0.39, 0.29) is 17.0 Å². The molecule has 8 nitrogen and oxygen atoms in total. The molecule has 1 fully saturated rings. The van der Waals surface area contributed by atoms with E-state index in [0.29, 0.717) is 47.8 Å². The van der Waals surface area contributed by atoms with Gasteiger partial charge in [0, 0.05) is 31.9 Å². The van der Waals surface area contributed by atoms with E-state index in [1.165, 1.54) is 9.58 Å². The normalized spacial score (nSPS) is 16.8. The van der Waals surface area contributed by atoms with Crippen LogP contribution >= 0.6 is 0 Å². The minimum Gasteiger partial charge on any atom is -0.364 e. The Kier molecular flexibility index (Phi) is 6.84. The minimum absolute atomic E-state index is 0.204. The van der Waals surface area contributed by atoms with Crippen LogP contribution in [-0.4, -0.2) is 64.1 Å². The van der Waals surface area contributed by atoms with Gasteiger partial charge in [-0.3, -0.25) is 19.5 Å². The molecule has 0 unspecified atom stereocenters. The van der Waals surface area contributed by atoms with Crippen molar-refractivity contribution >= 4 is 23.1 Å². The summed E-state index contributed by atoms with van der Waals surface area (Å²) >= 11 is 0. The molecule has 2 aromatic carbocycles. The smallest absolute Gasteiger partial charge is 0.282 e. The van der Waals surface area contributed by atoms with Crippen LogP contribution in [0.15, 0.2) is 65.1 Å². The number of H-pyrrole nitrogens is 1. The SMILES string of the molecule is CCCc1[nH]n(-c2ccccc2)c(=O)c1C1=C(N2CCN(CC)CC2)C(=O)N(c2ccc(C)cc2)C1=O. The fourth-order valence-corrected chi connectivity index (χ4v) is 5.18. The molecule has 2 amide bonds. The second-order valence-corrected chi connectivity index (χ2v) is 9.62. The second-order valence-electron chi connectivity index (χ2n) is 9.62. The van der Waals surface area contributed by atoms with Gasteiger partial charge in [-0.25, -0.2) is 9.58 Å². The molecule has 8 heteroatoms. The molecule has 1 aromatic heterocycles. The van der Waals surface area contributed by atoms with E-state index in [9.17, 15) is 14.4 Å². The van der Waals surface area contributed by atoms with E-state index >= 15 is 0 Å². The van der Waals surface area contributed by atoms with Gasteiger partial charge in [-0.15, -0.1) is 0 Å². The number of nitrogens with one attached hydrogen (secondary N) is 1. The Balaban J connectivity index is 1.69. The Morgan fingerprint density at radius 1 is 0.811 bits per heavy atom. The summed E-state index contributed by atoms with van der Waals surface area (Å²) in [7, 11) is 0. The molecule has 2 aliphatic heterocycles. The van der Waals surface area contributed by atoms with Crippen molar-refractivity contribution in [3.05, 3.63) is 87.5 Å². The highest BCUT2D eigenvalue weighted by molar-refractivity contribution is 6.45. The van der Waals surface area contributed by atoms with Crippen LogP contribution in [0.5, 0.6) is 0 Å². The Bertz CT molecular complexity index is 1390. The molecule has 0 spiro atoms. The highest BCUT2D eigenvalue weighted by Crippen LogP contribution is 2.35. The molecule has 5 rings (SSSR count). The molecular formula is C29H33N5O3. The molecule has 2 aliphatic rings. The topological polar surface area (TPSA) is 81.7 Å². The van der Waals surface area contributed by atoms with E-state index in [0.717, 1.165) is 31.6 Å². The number of aromatic amines is 1. The average molecular weight is 500 g/mol. The first-order chi connectivity index (χ1) is 17.9. The Hall–Kier alpha value is -3.91. The summed E-state index contributed by atoms with van der Waals surface area (Å²) in [5, 5.41) is 3.24. The fraction of sp³-hybridized carbons (Fsp3) is 0.345. The molecule has 192 valence electrons. The summed E-state index contributed by atoms with van der Waals surface area (Å²) in [6.45, 7) is 9.87. The Labute approximate surface area is 216 Å². The number of piperazine rings is 1. The lowest BCUT2D eigenvalue weighted by molar-refractivity contribution is -0.120. The highest BCUT2D eigenvalue weighted by Gasteiger charge is 2.45. The number of benzene rings is 2. The summed E-state index contributed by atoms with van der Waals surface area (Å²) in [5.41, 5.74) is 3.41. The number of likely N-dealkylation sites (N-methyl/N-ethyl adjacent to an activating group) is 1. The van der Waals surface area contributed by atoms with Crippen molar-refractivity contribution in [2.75, 3.05) is 37.6 Å². The quantitative estimate of drug-likeness (QED) is 0.505. The second kappa shape index (κ2) is 10.2. The van der Waals surface area contributed by atoms with Gasteiger partial charge in [-0.2, -0.15) is 0 Å². The van der Waals surface area contributed by atoms with Crippen LogP contribution in [0.25, 0.3) is 11.3 Å². The maximum Gasteiger partial charge on any atom is 0.282 e. The third-order valence-corrected chi connectivity index (χ3v) is 7.22. The van der Waals surface area contributed by atoms with E-state index in [4.69, 9.17) is 0 Å². The molecule has 0 radical (unpaired) electrons.